The molecule has 0 aliphatic rings. The van der Waals surface area contributed by atoms with E-state index in [9.17, 15) is 4.79 Å². The summed E-state index contributed by atoms with van der Waals surface area (Å²) in [6.07, 6.45) is 3.05. The normalized spacial score (nSPS) is 10.7. The first kappa shape index (κ1) is 16.2. The Morgan fingerprint density at radius 1 is 1.35 bits per heavy atom. The molecule has 2 N–H and O–H groups in total. The third-order valence-electron chi connectivity index (χ3n) is 2.96. The maximum absolute atomic E-state index is 12.1. The maximum atomic E-state index is 12.1. The second kappa shape index (κ2) is 6.85. The maximum Gasteiger partial charge on any atom is 0.277 e. The molecule has 1 amide bonds. The number of H-pyrrole nitrogens is 1. The minimum absolute atomic E-state index is 0.184. The van der Waals surface area contributed by atoms with Gasteiger partial charge in [0.05, 0.1) is 16.3 Å². The fourth-order valence-electron chi connectivity index (χ4n) is 1.87. The number of nitrogens with zero attached hydrogens (tertiary/aromatic N) is 4. The molecule has 0 spiro atoms. The monoisotopic (exact) mass is 462 g/mol. The first-order chi connectivity index (χ1) is 11.0. The van der Waals surface area contributed by atoms with Gasteiger partial charge in [-0.1, -0.05) is 29.3 Å². The second-order valence-corrected chi connectivity index (χ2v) is 6.49. The van der Waals surface area contributed by atoms with Crippen LogP contribution < -0.4 is 5.32 Å². The Labute approximate surface area is 154 Å². The molecule has 118 valence electrons. The lowest BCUT2D eigenvalue weighted by Crippen LogP contribution is -2.15. The number of benzene rings is 1. The molecule has 7 nitrogen and oxygen atoms in total. The Morgan fingerprint density at radius 2 is 2.09 bits per heavy atom. The number of carbonyl (C=O) groups excluding carboxylic acids is 1. The van der Waals surface area contributed by atoms with Crippen molar-refractivity contribution in [3.05, 3.63) is 55.6 Å². The average Bonchev–Trinajstić information content (AvgIpc) is 3.12. The lowest BCUT2D eigenvalue weighted by molar-refractivity contribution is 0.102. The van der Waals surface area contributed by atoms with Crippen LogP contribution in [0.5, 0.6) is 0 Å². The van der Waals surface area contributed by atoms with Gasteiger partial charge in [-0.05, 0) is 34.7 Å². The van der Waals surface area contributed by atoms with E-state index in [1.165, 1.54) is 6.33 Å². The molecule has 3 aromatic rings. The fourth-order valence-corrected chi connectivity index (χ4v) is 2.89. The fraction of sp³-hybridized carbons (Fsp3) is 0.0769. The Morgan fingerprint density at radius 3 is 2.74 bits per heavy atom. The van der Waals surface area contributed by atoms with Crippen molar-refractivity contribution in [3.63, 3.8) is 0 Å². The van der Waals surface area contributed by atoms with Gasteiger partial charge in [-0.15, -0.1) is 5.10 Å². The van der Waals surface area contributed by atoms with Crippen LogP contribution >= 0.6 is 45.8 Å². The van der Waals surface area contributed by atoms with Gasteiger partial charge in [0.25, 0.3) is 5.91 Å². The van der Waals surface area contributed by atoms with E-state index in [-0.39, 0.29) is 11.9 Å². The molecule has 0 atom stereocenters. The first-order valence-electron chi connectivity index (χ1n) is 6.37. The van der Waals surface area contributed by atoms with Crippen molar-refractivity contribution in [2.75, 3.05) is 5.32 Å². The highest BCUT2D eigenvalue weighted by atomic mass is 127. The van der Waals surface area contributed by atoms with Gasteiger partial charge >= 0.3 is 0 Å². The lowest BCUT2D eigenvalue weighted by atomic mass is 10.2. The third-order valence-corrected chi connectivity index (χ3v) is 4.49. The van der Waals surface area contributed by atoms with Gasteiger partial charge in [0.2, 0.25) is 5.95 Å². The van der Waals surface area contributed by atoms with Crippen molar-refractivity contribution < 1.29 is 4.79 Å². The van der Waals surface area contributed by atoms with Crippen LogP contribution in [0.15, 0.2) is 30.7 Å². The molecule has 2 aromatic heterocycles. The van der Waals surface area contributed by atoms with E-state index in [2.05, 4.69) is 25.6 Å². The Bertz CT molecular complexity index is 842. The molecule has 0 unspecified atom stereocenters. The number of halogens is 3. The minimum atomic E-state index is -0.361. The average molecular weight is 463 g/mol. The van der Waals surface area contributed by atoms with Crippen LogP contribution in [-0.4, -0.2) is 30.9 Å². The molecule has 0 aliphatic carbocycles. The van der Waals surface area contributed by atoms with E-state index in [1.54, 1.807) is 29.1 Å². The van der Waals surface area contributed by atoms with Crippen LogP contribution in [0.25, 0.3) is 0 Å². The number of nitrogens with one attached hydrogen (secondary N) is 2. The number of aromatic amines is 1. The third kappa shape index (κ3) is 3.65. The molecule has 23 heavy (non-hydrogen) atoms. The summed E-state index contributed by atoms with van der Waals surface area (Å²) < 4.78 is 2.25. The number of anilines is 1. The molecule has 0 bridgehead atoms. The van der Waals surface area contributed by atoms with Gasteiger partial charge in [0.1, 0.15) is 12.0 Å². The standard InChI is InChI=1S/C13H9Cl2IN6O/c14-8-2-1-3-9(15)7(8)5-22-6-17-13(21-22)19-12(23)11-10(16)4-18-20-11/h1-4,6H,5H2,(H,18,20)(H,19,21,23). The molecule has 1 aromatic carbocycles. The highest BCUT2D eigenvalue weighted by Crippen LogP contribution is 2.24. The van der Waals surface area contributed by atoms with E-state index in [0.29, 0.717) is 25.9 Å². The summed E-state index contributed by atoms with van der Waals surface area (Å²) in [5, 5.41) is 14.3. The summed E-state index contributed by atoms with van der Waals surface area (Å²) in [5.74, 6) is -0.177. The first-order valence-corrected chi connectivity index (χ1v) is 8.20. The van der Waals surface area contributed by atoms with Crippen LogP contribution in [0.3, 0.4) is 0 Å². The van der Waals surface area contributed by atoms with Gasteiger partial charge in [-0.25, -0.2) is 9.67 Å². The zero-order valence-electron chi connectivity index (χ0n) is 11.4. The van der Waals surface area contributed by atoms with Crippen LogP contribution in [0.4, 0.5) is 5.95 Å². The molecule has 0 radical (unpaired) electrons. The molecule has 0 saturated heterocycles. The van der Waals surface area contributed by atoms with Crippen molar-refractivity contribution in [3.8, 4) is 0 Å². The molecule has 10 heteroatoms. The molecular formula is C13H9Cl2IN6O. The number of rotatable bonds is 4. The van der Waals surface area contributed by atoms with Gasteiger partial charge in [0, 0.05) is 15.6 Å². The zero-order valence-corrected chi connectivity index (χ0v) is 15.1. The van der Waals surface area contributed by atoms with E-state index in [0.717, 1.165) is 5.56 Å². The molecule has 0 fully saturated rings. The SMILES string of the molecule is O=C(Nc1ncn(Cc2c(Cl)cccc2Cl)n1)c1[nH]ncc1I. The van der Waals surface area contributed by atoms with Crippen molar-refractivity contribution in [2.24, 2.45) is 0 Å². The number of amides is 1. The number of hydrogen-bond donors (Lipinski definition) is 2. The predicted octanol–water partition coefficient (Wildman–Crippen LogP) is 3.21. The van der Waals surface area contributed by atoms with Crippen molar-refractivity contribution in [1.29, 1.82) is 0 Å². The highest BCUT2D eigenvalue weighted by molar-refractivity contribution is 14.1. The quantitative estimate of drug-likeness (QED) is 0.582. The topological polar surface area (TPSA) is 88.5 Å². The number of aromatic nitrogens is 5. The highest BCUT2D eigenvalue weighted by Gasteiger charge is 2.14. The molecule has 2 heterocycles. The van der Waals surface area contributed by atoms with Crippen LogP contribution in [0.1, 0.15) is 16.1 Å². The molecular weight excluding hydrogens is 454 g/mol. The largest absolute Gasteiger partial charge is 0.288 e. The van der Waals surface area contributed by atoms with Crippen LogP contribution in [0, 0.1) is 3.57 Å². The predicted molar refractivity (Wildman–Crippen MR) is 94.8 cm³/mol. The summed E-state index contributed by atoms with van der Waals surface area (Å²) in [4.78, 5) is 16.1. The minimum Gasteiger partial charge on any atom is -0.288 e. The van der Waals surface area contributed by atoms with Crippen LogP contribution in [-0.2, 0) is 6.54 Å². The van der Waals surface area contributed by atoms with Gasteiger partial charge in [-0.2, -0.15) is 5.10 Å². The van der Waals surface area contributed by atoms with Gasteiger partial charge in [-0.3, -0.25) is 15.2 Å². The second-order valence-electron chi connectivity index (χ2n) is 4.51. The summed E-state index contributed by atoms with van der Waals surface area (Å²) >= 11 is 14.3. The van der Waals surface area contributed by atoms with Crippen molar-refractivity contribution in [2.45, 2.75) is 6.54 Å². The number of carbonyl (C=O) groups is 1. The van der Waals surface area contributed by atoms with E-state index >= 15 is 0 Å². The van der Waals surface area contributed by atoms with E-state index in [4.69, 9.17) is 23.2 Å². The Hall–Kier alpha value is -1.65. The molecule has 3 rings (SSSR count). The van der Waals surface area contributed by atoms with Gasteiger partial charge in [0.15, 0.2) is 0 Å². The van der Waals surface area contributed by atoms with Crippen molar-refractivity contribution in [1.82, 2.24) is 25.0 Å². The lowest BCUT2D eigenvalue weighted by Gasteiger charge is -2.06. The summed E-state index contributed by atoms with van der Waals surface area (Å²) in [5.41, 5.74) is 1.10. The number of hydrogen-bond acceptors (Lipinski definition) is 4. The Balaban J connectivity index is 1.74. The summed E-state index contributed by atoms with van der Waals surface area (Å²) in [6, 6.07) is 5.28. The van der Waals surface area contributed by atoms with Gasteiger partial charge < -0.3 is 0 Å². The molecule has 0 saturated carbocycles. The zero-order chi connectivity index (χ0) is 16.4. The van der Waals surface area contributed by atoms with Crippen LogP contribution in [0.2, 0.25) is 10.0 Å². The Kier molecular flexibility index (Phi) is 4.83. The van der Waals surface area contributed by atoms with E-state index in [1.807, 2.05) is 22.6 Å². The summed E-state index contributed by atoms with van der Waals surface area (Å²) in [6.45, 7) is 0.350. The van der Waals surface area contributed by atoms with E-state index < -0.39 is 0 Å². The van der Waals surface area contributed by atoms with Crippen molar-refractivity contribution >= 4 is 57.6 Å². The molecule has 0 aliphatic heterocycles. The summed E-state index contributed by atoms with van der Waals surface area (Å²) in [7, 11) is 0. The smallest absolute Gasteiger partial charge is 0.277 e.